The number of benzene rings is 1. The summed E-state index contributed by atoms with van der Waals surface area (Å²) in [6.07, 6.45) is 2.10. The third-order valence-corrected chi connectivity index (χ3v) is 5.83. The fourth-order valence-corrected chi connectivity index (χ4v) is 4.44. The lowest BCUT2D eigenvalue weighted by atomic mass is 9.78. The van der Waals surface area contributed by atoms with Gasteiger partial charge >= 0.3 is 0 Å². The molecule has 0 aliphatic carbocycles. The van der Waals surface area contributed by atoms with Crippen molar-refractivity contribution < 1.29 is 4.74 Å². The molecule has 0 fully saturated rings. The van der Waals surface area contributed by atoms with E-state index in [-0.39, 0.29) is 5.41 Å². The number of hydrogen-bond donors (Lipinski definition) is 0. The molecule has 0 spiro atoms. The smallest absolute Gasteiger partial charge is 0.122 e. The van der Waals surface area contributed by atoms with Crippen molar-refractivity contribution in [2.45, 2.75) is 26.7 Å². The minimum Gasteiger partial charge on any atom is -0.496 e. The summed E-state index contributed by atoms with van der Waals surface area (Å²) in [5, 5.41) is 2.68. The van der Waals surface area contributed by atoms with Gasteiger partial charge in [0.1, 0.15) is 5.75 Å². The Labute approximate surface area is 138 Å². The first kappa shape index (κ1) is 17.3. The number of ether oxygens (including phenoxy) is 1. The highest BCUT2D eigenvalue weighted by molar-refractivity contribution is 9.09. The van der Waals surface area contributed by atoms with E-state index < -0.39 is 0 Å². The van der Waals surface area contributed by atoms with E-state index in [0.29, 0.717) is 5.92 Å². The van der Waals surface area contributed by atoms with E-state index in [0.717, 1.165) is 34.3 Å². The van der Waals surface area contributed by atoms with Gasteiger partial charge in [0.2, 0.25) is 0 Å². The number of hydrogen-bond acceptors (Lipinski definition) is 1. The van der Waals surface area contributed by atoms with Gasteiger partial charge in [-0.2, -0.15) is 0 Å². The van der Waals surface area contributed by atoms with Crippen LogP contribution < -0.4 is 4.74 Å². The summed E-state index contributed by atoms with van der Waals surface area (Å²) in [5.74, 6) is 1.57. The molecule has 1 rings (SSSR count). The Kier molecular flexibility index (Phi) is 7.20. The zero-order chi connectivity index (χ0) is 14.5. The molecule has 0 amide bonds. The number of alkyl halides is 2. The summed E-state index contributed by atoms with van der Waals surface area (Å²) in [7, 11) is 1.71. The third-order valence-electron chi connectivity index (χ3n) is 3.22. The lowest BCUT2D eigenvalue weighted by molar-refractivity contribution is 0.299. The highest BCUT2D eigenvalue weighted by atomic mass is 79.9. The number of halogens is 3. The predicted molar refractivity (Wildman–Crippen MR) is 91.2 cm³/mol. The molecule has 1 aromatic rings. The Morgan fingerprint density at radius 1 is 1.26 bits per heavy atom. The molecule has 0 N–H and O–H groups in total. The molecule has 0 aliphatic heterocycles. The highest BCUT2D eigenvalue weighted by Gasteiger charge is 2.30. The zero-order valence-corrected chi connectivity index (χ0v) is 15.6. The van der Waals surface area contributed by atoms with Crippen LogP contribution in [0.5, 0.6) is 5.75 Å². The molecule has 0 aliphatic rings. The van der Waals surface area contributed by atoms with Gasteiger partial charge in [0, 0.05) is 15.7 Å². The monoisotopic (exact) mass is 410 g/mol. The minimum atomic E-state index is 0.187. The number of rotatable bonds is 7. The van der Waals surface area contributed by atoms with Gasteiger partial charge in [-0.3, -0.25) is 0 Å². The van der Waals surface area contributed by atoms with Crippen molar-refractivity contribution in [2.75, 3.05) is 17.8 Å². The van der Waals surface area contributed by atoms with E-state index in [9.17, 15) is 0 Å². The lowest BCUT2D eigenvalue weighted by Crippen LogP contribution is -2.29. The first-order valence-electron chi connectivity index (χ1n) is 6.40. The zero-order valence-electron chi connectivity index (χ0n) is 11.7. The Balaban J connectivity index is 3.05. The molecule has 108 valence electrons. The second kappa shape index (κ2) is 7.90. The molecule has 19 heavy (non-hydrogen) atoms. The average Bonchev–Trinajstić information content (AvgIpc) is 2.37. The maximum atomic E-state index is 6.12. The Bertz CT molecular complexity index is 403. The van der Waals surface area contributed by atoms with Crippen molar-refractivity contribution in [3.63, 3.8) is 0 Å². The summed E-state index contributed by atoms with van der Waals surface area (Å²) >= 11 is 13.5. The van der Waals surface area contributed by atoms with Crippen LogP contribution in [0.25, 0.3) is 0 Å². The maximum absolute atomic E-state index is 6.12. The van der Waals surface area contributed by atoms with E-state index in [2.05, 4.69) is 45.7 Å². The van der Waals surface area contributed by atoms with Crippen LogP contribution in [0, 0.1) is 11.3 Å². The Hall–Kier alpha value is 0.270. The largest absolute Gasteiger partial charge is 0.496 e. The molecule has 0 saturated heterocycles. The molecule has 0 saturated carbocycles. The van der Waals surface area contributed by atoms with E-state index in [1.165, 1.54) is 5.56 Å². The van der Waals surface area contributed by atoms with Gasteiger partial charge in [0.25, 0.3) is 0 Å². The predicted octanol–water partition coefficient (Wildman–Crippen LogP) is 5.71. The molecule has 0 heterocycles. The van der Waals surface area contributed by atoms with Gasteiger partial charge in [-0.25, -0.2) is 0 Å². The van der Waals surface area contributed by atoms with Gasteiger partial charge in [-0.05, 0) is 47.9 Å². The van der Waals surface area contributed by atoms with Crippen molar-refractivity contribution in [2.24, 2.45) is 11.3 Å². The van der Waals surface area contributed by atoms with Crippen LogP contribution in [-0.2, 0) is 6.42 Å². The van der Waals surface area contributed by atoms with Crippen molar-refractivity contribution in [3.8, 4) is 5.75 Å². The van der Waals surface area contributed by atoms with Gasteiger partial charge in [0.15, 0.2) is 0 Å². The van der Waals surface area contributed by atoms with Gasteiger partial charge < -0.3 is 4.74 Å². The van der Waals surface area contributed by atoms with Gasteiger partial charge in [0.05, 0.1) is 7.11 Å². The molecule has 1 aromatic carbocycles. The quantitative estimate of drug-likeness (QED) is 0.521. The van der Waals surface area contributed by atoms with Crippen molar-refractivity contribution in [1.82, 2.24) is 0 Å². The summed E-state index contributed by atoms with van der Waals surface area (Å²) in [5.41, 5.74) is 1.36. The van der Waals surface area contributed by atoms with E-state index in [4.69, 9.17) is 16.3 Å². The molecule has 0 radical (unpaired) electrons. The Morgan fingerprint density at radius 3 is 2.37 bits per heavy atom. The van der Waals surface area contributed by atoms with Crippen LogP contribution in [0.3, 0.4) is 0 Å². The van der Waals surface area contributed by atoms with Crippen LogP contribution in [-0.4, -0.2) is 17.8 Å². The summed E-state index contributed by atoms with van der Waals surface area (Å²) in [6, 6.07) is 5.83. The topological polar surface area (TPSA) is 9.23 Å². The third kappa shape index (κ3) is 4.95. The summed E-state index contributed by atoms with van der Waals surface area (Å²) in [4.78, 5) is 0. The molecule has 0 unspecified atom stereocenters. The normalized spacial score (nSPS) is 11.9. The van der Waals surface area contributed by atoms with E-state index >= 15 is 0 Å². The fraction of sp³-hybridized carbons (Fsp3) is 0.600. The van der Waals surface area contributed by atoms with Crippen molar-refractivity contribution in [1.29, 1.82) is 0 Å². The average molecular weight is 413 g/mol. The first-order valence-corrected chi connectivity index (χ1v) is 9.03. The maximum Gasteiger partial charge on any atom is 0.122 e. The summed E-state index contributed by atoms with van der Waals surface area (Å²) in [6.45, 7) is 4.52. The minimum absolute atomic E-state index is 0.187. The fourth-order valence-electron chi connectivity index (χ4n) is 2.47. The SMILES string of the molecule is COc1ccc(Cl)cc1CC(CBr)(CBr)CC(C)C. The van der Waals surface area contributed by atoms with Crippen molar-refractivity contribution >= 4 is 43.5 Å². The van der Waals surface area contributed by atoms with Gasteiger partial charge in [-0.1, -0.05) is 57.3 Å². The lowest BCUT2D eigenvalue weighted by Gasteiger charge is -2.32. The molecule has 0 aromatic heterocycles. The molecule has 4 heteroatoms. The Morgan fingerprint density at radius 2 is 1.89 bits per heavy atom. The second-order valence-corrected chi connectivity index (χ2v) is 7.06. The van der Waals surface area contributed by atoms with Crippen LogP contribution in [0.1, 0.15) is 25.8 Å². The first-order chi connectivity index (χ1) is 8.96. The van der Waals surface area contributed by atoms with Gasteiger partial charge in [-0.15, -0.1) is 0 Å². The van der Waals surface area contributed by atoms with Crippen LogP contribution >= 0.6 is 43.5 Å². The molecule has 0 bridgehead atoms. The van der Waals surface area contributed by atoms with E-state index in [1.807, 2.05) is 18.2 Å². The standard InChI is InChI=1S/C15H21Br2ClO/c1-11(2)7-15(9-16,10-17)8-12-6-13(18)4-5-14(12)19-3/h4-6,11H,7-10H2,1-3H3. The van der Waals surface area contributed by atoms with Crippen LogP contribution in [0.15, 0.2) is 18.2 Å². The molecule has 1 nitrogen and oxygen atoms in total. The molecule has 0 atom stereocenters. The van der Waals surface area contributed by atoms with Crippen molar-refractivity contribution in [3.05, 3.63) is 28.8 Å². The molecular weight excluding hydrogens is 391 g/mol. The summed E-state index contributed by atoms with van der Waals surface area (Å²) < 4.78 is 5.45. The second-order valence-electron chi connectivity index (χ2n) is 5.50. The highest BCUT2D eigenvalue weighted by Crippen LogP contribution is 2.37. The van der Waals surface area contributed by atoms with E-state index in [1.54, 1.807) is 7.11 Å². The number of methoxy groups -OCH3 is 1. The van der Waals surface area contributed by atoms with Crippen LogP contribution in [0.4, 0.5) is 0 Å². The molecular formula is C15H21Br2ClO. The van der Waals surface area contributed by atoms with Crippen LogP contribution in [0.2, 0.25) is 5.02 Å².